The number of para-hydroxylation sites is 3. The Morgan fingerprint density at radius 3 is 2.21 bits per heavy atom. The number of amides is 1. The number of rotatable bonds is 8. The van der Waals surface area contributed by atoms with E-state index in [9.17, 15) is 13.2 Å². The molecule has 0 aliphatic rings. The smallest absolute Gasteiger partial charge is 0.261 e. The summed E-state index contributed by atoms with van der Waals surface area (Å²) in [5, 5.41) is 2.83. The molecule has 0 aliphatic heterocycles. The summed E-state index contributed by atoms with van der Waals surface area (Å²) in [5.41, 5.74) is 1.03. The van der Waals surface area contributed by atoms with E-state index in [0.29, 0.717) is 22.9 Å². The molecule has 0 aromatic heterocycles. The van der Waals surface area contributed by atoms with Crippen LogP contribution < -0.4 is 19.5 Å². The normalized spacial score (nSPS) is 10.9. The SMILES string of the molecule is COc1ccc(S(=O)(=O)Nc2cccc(C(=O)Nc3ccccc3Oc3ccccc3)c2)cc1. The highest BCUT2D eigenvalue weighted by molar-refractivity contribution is 7.92. The molecule has 0 saturated carbocycles. The average Bonchev–Trinajstić information content (AvgIpc) is 2.86. The van der Waals surface area contributed by atoms with Gasteiger partial charge in [0, 0.05) is 11.3 Å². The van der Waals surface area contributed by atoms with Gasteiger partial charge in [-0.15, -0.1) is 0 Å². The van der Waals surface area contributed by atoms with Crippen LogP contribution >= 0.6 is 0 Å². The number of ether oxygens (including phenoxy) is 2. The van der Waals surface area contributed by atoms with Crippen molar-refractivity contribution in [3.05, 3.63) is 109 Å². The molecule has 172 valence electrons. The Morgan fingerprint density at radius 2 is 1.47 bits per heavy atom. The van der Waals surface area contributed by atoms with Gasteiger partial charge >= 0.3 is 0 Å². The fraction of sp³-hybridized carbons (Fsp3) is 0.0385. The van der Waals surface area contributed by atoms with Crippen LogP contribution in [-0.4, -0.2) is 21.4 Å². The van der Waals surface area contributed by atoms with Gasteiger partial charge in [-0.2, -0.15) is 0 Å². The van der Waals surface area contributed by atoms with Crippen molar-refractivity contribution in [3.63, 3.8) is 0 Å². The van der Waals surface area contributed by atoms with Crippen molar-refractivity contribution in [2.24, 2.45) is 0 Å². The number of carbonyl (C=O) groups excluding carboxylic acids is 1. The molecule has 0 bridgehead atoms. The van der Waals surface area contributed by atoms with E-state index in [4.69, 9.17) is 9.47 Å². The lowest BCUT2D eigenvalue weighted by Gasteiger charge is -2.13. The van der Waals surface area contributed by atoms with Gasteiger partial charge in [0.2, 0.25) is 0 Å². The van der Waals surface area contributed by atoms with Crippen LogP contribution in [-0.2, 0) is 10.0 Å². The van der Waals surface area contributed by atoms with Gasteiger partial charge < -0.3 is 14.8 Å². The number of sulfonamides is 1. The highest BCUT2D eigenvalue weighted by Gasteiger charge is 2.16. The van der Waals surface area contributed by atoms with E-state index >= 15 is 0 Å². The fourth-order valence-corrected chi connectivity index (χ4v) is 4.21. The van der Waals surface area contributed by atoms with Crippen LogP contribution in [0.25, 0.3) is 0 Å². The zero-order chi connectivity index (χ0) is 24.0. The maximum atomic E-state index is 12.9. The maximum absolute atomic E-state index is 12.9. The molecule has 8 heteroatoms. The Hall–Kier alpha value is -4.30. The molecule has 34 heavy (non-hydrogen) atoms. The Balaban J connectivity index is 1.50. The van der Waals surface area contributed by atoms with Gasteiger partial charge in [-0.25, -0.2) is 8.42 Å². The predicted octanol–water partition coefficient (Wildman–Crippen LogP) is 5.54. The van der Waals surface area contributed by atoms with Crippen molar-refractivity contribution < 1.29 is 22.7 Å². The molecule has 0 spiro atoms. The minimum Gasteiger partial charge on any atom is -0.497 e. The second-order valence-electron chi connectivity index (χ2n) is 7.23. The lowest BCUT2D eigenvalue weighted by molar-refractivity contribution is 0.102. The lowest BCUT2D eigenvalue weighted by Crippen LogP contribution is -2.15. The summed E-state index contributed by atoms with van der Waals surface area (Å²) >= 11 is 0. The van der Waals surface area contributed by atoms with Gasteiger partial charge in [0.15, 0.2) is 5.75 Å². The summed E-state index contributed by atoms with van der Waals surface area (Å²) in [6.45, 7) is 0. The van der Waals surface area contributed by atoms with E-state index in [1.165, 1.54) is 25.3 Å². The Bertz CT molecular complexity index is 1390. The van der Waals surface area contributed by atoms with Crippen LogP contribution in [0.1, 0.15) is 10.4 Å². The molecular formula is C26H22N2O5S. The quantitative estimate of drug-likeness (QED) is 0.350. The zero-order valence-electron chi connectivity index (χ0n) is 18.3. The third-order valence-electron chi connectivity index (χ3n) is 4.85. The zero-order valence-corrected chi connectivity index (χ0v) is 19.1. The first-order valence-electron chi connectivity index (χ1n) is 10.3. The lowest BCUT2D eigenvalue weighted by atomic mass is 10.2. The predicted molar refractivity (Wildman–Crippen MR) is 131 cm³/mol. The van der Waals surface area contributed by atoms with Gasteiger partial charge in [-0.3, -0.25) is 9.52 Å². The highest BCUT2D eigenvalue weighted by Crippen LogP contribution is 2.29. The number of carbonyl (C=O) groups is 1. The summed E-state index contributed by atoms with van der Waals surface area (Å²) in [6, 6.07) is 28.6. The second kappa shape index (κ2) is 10.1. The molecule has 1 amide bonds. The number of methoxy groups -OCH3 is 1. The van der Waals surface area contributed by atoms with E-state index in [2.05, 4.69) is 10.0 Å². The van der Waals surface area contributed by atoms with Crippen LogP contribution in [0.5, 0.6) is 17.2 Å². The summed E-state index contributed by atoms with van der Waals surface area (Å²) in [4.78, 5) is 13.0. The molecule has 0 atom stereocenters. The number of anilines is 2. The molecule has 4 aromatic carbocycles. The van der Waals surface area contributed by atoms with Crippen LogP contribution in [0.3, 0.4) is 0 Å². The minimum atomic E-state index is -3.84. The average molecular weight is 475 g/mol. The summed E-state index contributed by atoms with van der Waals surface area (Å²) in [6.07, 6.45) is 0. The molecule has 2 N–H and O–H groups in total. The van der Waals surface area contributed by atoms with Gasteiger partial charge in [0.1, 0.15) is 11.5 Å². The molecule has 0 aliphatic carbocycles. The van der Waals surface area contributed by atoms with Crippen molar-refractivity contribution >= 4 is 27.3 Å². The van der Waals surface area contributed by atoms with E-state index < -0.39 is 15.9 Å². The van der Waals surface area contributed by atoms with Gasteiger partial charge in [-0.1, -0.05) is 36.4 Å². The summed E-state index contributed by atoms with van der Waals surface area (Å²) in [5.74, 6) is 1.27. The molecular weight excluding hydrogens is 452 g/mol. The Morgan fingerprint density at radius 1 is 0.765 bits per heavy atom. The first-order chi connectivity index (χ1) is 16.4. The first kappa shape index (κ1) is 22.9. The molecule has 0 radical (unpaired) electrons. The molecule has 0 unspecified atom stereocenters. The third kappa shape index (κ3) is 5.54. The fourth-order valence-electron chi connectivity index (χ4n) is 3.16. The second-order valence-corrected chi connectivity index (χ2v) is 8.91. The Kier molecular flexibility index (Phi) is 6.79. The van der Waals surface area contributed by atoms with Crippen LogP contribution in [0, 0.1) is 0 Å². The highest BCUT2D eigenvalue weighted by atomic mass is 32.2. The number of nitrogens with one attached hydrogen (secondary N) is 2. The number of hydrogen-bond acceptors (Lipinski definition) is 5. The summed E-state index contributed by atoms with van der Waals surface area (Å²) in [7, 11) is -2.33. The monoisotopic (exact) mass is 474 g/mol. The topological polar surface area (TPSA) is 93.7 Å². The van der Waals surface area contributed by atoms with Crippen molar-refractivity contribution in [1.82, 2.24) is 0 Å². The number of hydrogen-bond donors (Lipinski definition) is 2. The van der Waals surface area contributed by atoms with Crippen LogP contribution in [0.4, 0.5) is 11.4 Å². The van der Waals surface area contributed by atoms with E-state index in [-0.39, 0.29) is 16.1 Å². The minimum absolute atomic E-state index is 0.0788. The largest absolute Gasteiger partial charge is 0.497 e. The number of benzene rings is 4. The van der Waals surface area contributed by atoms with Crippen molar-refractivity contribution in [3.8, 4) is 17.2 Å². The van der Waals surface area contributed by atoms with Gasteiger partial charge in [0.25, 0.3) is 15.9 Å². The molecule has 7 nitrogen and oxygen atoms in total. The molecule has 4 aromatic rings. The summed E-state index contributed by atoms with van der Waals surface area (Å²) < 4.78 is 38.9. The molecule has 4 rings (SSSR count). The third-order valence-corrected chi connectivity index (χ3v) is 6.25. The van der Waals surface area contributed by atoms with Crippen molar-refractivity contribution in [2.75, 3.05) is 17.1 Å². The van der Waals surface area contributed by atoms with Crippen molar-refractivity contribution in [2.45, 2.75) is 4.90 Å². The first-order valence-corrected chi connectivity index (χ1v) is 11.8. The van der Waals surface area contributed by atoms with Crippen molar-refractivity contribution in [1.29, 1.82) is 0 Å². The van der Waals surface area contributed by atoms with E-state index in [0.717, 1.165) is 0 Å². The van der Waals surface area contributed by atoms with E-state index in [1.54, 1.807) is 48.5 Å². The molecule has 0 heterocycles. The van der Waals surface area contributed by atoms with Crippen LogP contribution in [0.2, 0.25) is 0 Å². The molecule has 0 saturated heterocycles. The van der Waals surface area contributed by atoms with Crippen LogP contribution in [0.15, 0.2) is 108 Å². The Labute approximate surface area is 198 Å². The van der Waals surface area contributed by atoms with Gasteiger partial charge in [-0.05, 0) is 66.7 Å². The standard InChI is InChI=1S/C26H22N2O5S/c1-32-21-14-16-23(17-15-21)34(30,31)28-20-9-7-8-19(18-20)26(29)27-24-12-5-6-13-25(24)33-22-10-3-2-4-11-22/h2-18,28H,1H3,(H,27,29). The van der Waals surface area contributed by atoms with Gasteiger partial charge in [0.05, 0.1) is 17.7 Å². The molecule has 0 fully saturated rings. The maximum Gasteiger partial charge on any atom is 0.261 e. The van der Waals surface area contributed by atoms with E-state index in [1.807, 2.05) is 36.4 Å².